The Bertz CT molecular complexity index is 2670. The normalized spacial score (nSPS) is 13.7. The number of thiophene rings is 1. The molecule has 0 fully saturated rings. The molecule has 0 N–H and O–H groups in total. The zero-order chi connectivity index (χ0) is 29.9. The Morgan fingerprint density at radius 3 is 2.00 bits per heavy atom. The van der Waals surface area contributed by atoms with E-state index in [2.05, 4.69) is 158 Å². The lowest BCUT2D eigenvalue weighted by Crippen LogP contribution is -2.14. The van der Waals surface area contributed by atoms with Crippen LogP contribution in [0.15, 0.2) is 140 Å². The quantitative estimate of drug-likeness (QED) is 0.188. The molecule has 1 aliphatic rings. The SMILES string of the molecule is CC1(C)c2ccccc2-c2ccc(-c3ccc(-n4c5ccccc5c5c6sc7ccccc7c6c6ccccc6c54)cc3)cc21. The average molecular weight is 592 g/mol. The molecule has 0 saturated carbocycles. The van der Waals surface area contributed by atoms with E-state index in [0.717, 1.165) is 0 Å². The highest BCUT2D eigenvalue weighted by molar-refractivity contribution is 7.27. The summed E-state index contributed by atoms with van der Waals surface area (Å²) in [5.41, 5.74) is 11.8. The van der Waals surface area contributed by atoms with Gasteiger partial charge in [-0.15, -0.1) is 11.3 Å². The van der Waals surface area contributed by atoms with Crippen molar-refractivity contribution in [3.05, 3.63) is 151 Å². The number of hydrogen-bond donors (Lipinski definition) is 0. The van der Waals surface area contributed by atoms with Gasteiger partial charge in [-0.1, -0.05) is 123 Å². The summed E-state index contributed by atoms with van der Waals surface area (Å²) < 4.78 is 5.20. The Morgan fingerprint density at radius 2 is 1.16 bits per heavy atom. The van der Waals surface area contributed by atoms with Crippen molar-refractivity contribution in [1.82, 2.24) is 4.57 Å². The van der Waals surface area contributed by atoms with E-state index >= 15 is 0 Å². The molecule has 7 aromatic carbocycles. The van der Waals surface area contributed by atoms with Gasteiger partial charge in [-0.25, -0.2) is 0 Å². The van der Waals surface area contributed by atoms with Crippen LogP contribution in [0.5, 0.6) is 0 Å². The Labute approximate surface area is 265 Å². The van der Waals surface area contributed by atoms with E-state index in [1.165, 1.54) is 91.8 Å². The molecule has 0 aliphatic heterocycles. The molecule has 212 valence electrons. The number of nitrogens with zero attached hydrogens (tertiary/aromatic N) is 1. The molecule has 0 saturated heterocycles. The molecule has 45 heavy (non-hydrogen) atoms. The van der Waals surface area contributed by atoms with Crippen LogP contribution >= 0.6 is 11.3 Å². The molecule has 1 nitrogen and oxygen atoms in total. The monoisotopic (exact) mass is 591 g/mol. The summed E-state index contributed by atoms with van der Waals surface area (Å²) in [6.07, 6.45) is 0. The fourth-order valence-corrected chi connectivity index (χ4v) is 9.35. The highest BCUT2D eigenvalue weighted by atomic mass is 32.1. The number of rotatable bonds is 2. The zero-order valence-corrected chi connectivity index (χ0v) is 26.0. The van der Waals surface area contributed by atoms with Gasteiger partial charge in [0.15, 0.2) is 0 Å². The first-order valence-electron chi connectivity index (χ1n) is 15.7. The van der Waals surface area contributed by atoms with Crippen molar-refractivity contribution in [2.45, 2.75) is 19.3 Å². The van der Waals surface area contributed by atoms with Crippen LogP contribution in [-0.2, 0) is 5.41 Å². The van der Waals surface area contributed by atoms with Gasteiger partial charge in [0.25, 0.3) is 0 Å². The molecule has 0 amide bonds. The predicted octanol–water partition coefficient (Wildman–Crippen LogP) is 12.3. The Balaban J connectivity index is 1.20. The van der Waals surface area contributed by atoms with Gasteiger partial charge in [-0.2, -0.15) is 0 Å². The molecular weight excluding hydrogens is 563 g/mol. The number of fused-ring (bicyclic) bond motifs is 13. The first-order valence-corrected chi connectivity index (χ1v) is 16.5. The minimum absolute atomic E-state index is 0.0101. The molecule has 2 aromatic heterocycles. The predicted molar refractivity (Wildman–Crippen MR) is 194 cm³/mol. The van der Waals surface area contributed by atoms with Crippen LogP contribution in [0, 0.1) is 0 Å². The van der Waals surface area contributed by atoms with Crippen molar-refractivity contribution >= 4 is 64.1 Å². The third-order valence-electron chi connectivity index (χ3n) is 10.2. The molecule has 0 unspecified atom stereocenters. The van der Waals surface area contributed by atoms with Gasteiger partial charge in [0.1, 0.15) is 0 Å². The van der Waals surface area contributed by atoms with Gasteiger partial charge in [-0.3, -0.25) is 0 Å². The second-order valence-corrected chi connectivity index (χ2v) is 14.0. The molecule has 2 heteroatoms. The largest absolute Gasteiger partial charge is 0.309 e. The summed E-state index contributed by atoms with van der Waals surface area (Å²) >= 11 is 1.92. The van der Waals surface area contributed by atoms with Crippen LogP contribution in [0.1, 0.15) is 25.0 Å². The van der Waals surface area contributed by atoms with Crippen LogP contribution < -0.4 is 0 Å². The minimum Gasteiger partial charge on any atom is -0.309 e. The van der Waals surface area contributed by atoms with Crippen LogP contribution in [0.4, 0.5) is 0 Å². The smallest absolute Gasteiger partial charge is 0.0634 e. The molecule has 0 atom stereocenters. The standard InChI is InChI=1S/C43H29NS/c1-43(2)35-16-8-5-11-29(35)30-24-21-27(25-36(30)43)26-19-22-28(23-20-26)44-37-17-9-6-14-33(37)40-41(44)32-13-4-3-12-31(32)39-34-15-7-10-18-38(34)45-42(39)40/h3-25H,1-2H3. The number of benzene rings is 7. The van der Waals surface area contributed by atoms with Gasteiger partial charge in [0.2, 0.25) is 0 Å². The molecule has 0 bridgehead atoms. The van der Waals surface area contributed by atoms with Crippen molar-refractivity contribution < 1.29 is 0 Å². The summed E-state index contributed by atoms with van der Waals surface area (Å²) in [5, 5.41) is 7.99. The summed E-state index contributed by atoms with van der Waals surface area (Å²) in [6, 6.07) is 51.8. The summed E-state index contributed by atoms with van der Waals surface area (Å²) in [6.45, 7) is 4.70. The molecule has 10 rings (SSSR count). The van der Waals surface area contributed by atoms with Gasteiger partial charge in [0, 0.05) is 47.4 Å². The highest BCUT2D eigenvalue weighted by Crippen LogP contribution is 2.50. The maximum Gasteiger partial charge on any atom is 0.0634 e. The third kappa shape index (κ3) is 3.32. The van der Waals surface area contributed by atoms with Crippen molar-refractivity contribution in [3.8, 4) is 27.9 Å². The maximum absolute atomic E-state index is 2.49. The van der Waals surface area contributed by atoms with Crippen molar-refractivity contribution in [1.29, 1.82) is 0 Å². The van der Waals surface area contributed by atoms with Crippen molar-refractivity contribution in [2.75, 3.05) is 0 Å². The topological polar surface area (TPSA) is 4.93 Å². The van der Waals surface area contributed by atoms with E-state index in [0.29, 0.717) is 0 Å². The van der Waals surface area contributed by atoms with E-state index in [4.69, 9.17) is 0 Å². The summed E-state index contributed by atoms with van der Waals surface area (Å²) in [4.78, 5) is 0. The molecule has 0 radical (unpaired) electrons. The Hall–Kier alpha value is -5.18. The zero-order valence-electron chi connectivity index (χ0n) is 25.1. The summed E-state index contributed by atoms with van der Waals surface area (Å²) in [5.74, 6) is 0. The van der Waals surface area contributed by atoms with E-state index in [9.17, 15) is 0 Å². The third-order valence-corrected chi connectivity index (χ3v) is 11.4. The van der Waals surface area contributed by atoms with E-state index in [-0.39, 0.29) is 5.41 Å². The highest BCUT2D eigenvalue weighted by Gasteiger charge is 2.35. The second-order valence-electron chi connectivity index (χ2n) is 12.9. The first-order chi connectivity index (χ1) is 22.1. The van der Waals surface area contributed by atoms with Gasteiger partial charge >= 0.3 is 0 Å². The van der Waals surface area contributed by atoms with Gasteiger partial charge in [-0.05, 0) is 69.1 Å². The van der Waals surface area contributed by atoms with Gasteiger partial charge < -0.3 is 4.57 Å². The molecular formula is C43H29NS. The lowest BCUT2D eigenvalue weighted by atomic mass is 9.81. The van der Waals surface area contributed by atoms with Crippen LogP contribution in [0.2, 0.25) is 0 Å². The van der Waals surface area contributed by atoms with E-state index in [1.54, 1.807) is 0 Å². The second kappa shape index (κ2) is 8.94. The van der Waals surface area contributed by atoms with Crippen LogP contribution in [-0.4, -0.2) is 4.57 Å². The first kappa shape index (κ1) is 25.2. The number of aromatic nitrogens is 1. The van der Waals surface area contributed by atoms with Gasteiger partial charge in [0.05, 0.1) is 11.0 Å². The fourth-order valence-electron chi connectivity index (χ4n) is 8.08. The minimum atomic E-state index is -0.0101. The van der Waals surface area contributed by atoms with E-state index in [1.807, 2.05) is 11.3 Å². The summed E-state index contributed by atoms with van der Waals surface area (Å²) in [7, 11) is 0. The lowest BCUT2D eigenvalue weighted by molar-refractivity contribution is 0.660. The van der Waals surface area contributed by atoms with Crippen molar-refractivity contribution in [2.24, 2.45) is 0 Å². The molecule has 1 aliphatic carbocycles. The Kier molecular flexibility index (Phi) is 5.00. The van der Waals surface area contributed by atoms with E-state index < -0.39 is 0 Å². The average Bonchev–Trinajstić information content (AvgIpc) is 3.72. The number of hydrogen-bond acceptors (Lipinski definition) is 1. The Morgan fingerprint density at radius 1 is 0.511 bits per heavy atom. The van der Waals surface area contributed by atoms with Crippen LogP contribution in [0.25, 0.3) is 80.7 Å². The lowest BCUT2D eigenvalue weighted by Gasteiger charge is -2.22. The fraction of sp³-hybridized carbons (Fsp3) is 0.0698. The van der Waals surface area contributed by atoms with Crippen LogP contribution in [0.3, 0.4) is 0 Å². The molecule has 9 aromatic rings. The number of para-hydroxylation sites is 1. The maximum atomic E-state index is 2.49. The van der Waals surface area contributed by atoms with Crippen molar-refractivity contribution in [3.63, 3.8) is 0 Å². The molecule has 0 spiro atoms. The molecule has 2 heterocycles.